The van der Waals surface area contributed by atoms with Crippen molar-refractivity contribution in [3.05, 3.63) is 74.9 Å². The molecule has 0 aromatic heterocycles. The highest BCUT2D eigenvalue weighted by molar-refractivity contribution is 6.22. The summed E-state index contributed by atoms with van der Waals surface area (Å²) in [6.07, 6.45) is -6.25. The fourth-order valence-corrected chi connectivity index (χ4v) is 6.93. The van der Waals surface area contributed by atoms with Gasteiger partial charge in [-0.25, -0.2) is 4.90 Å². The number of benzene rings is 2. The first-order valence-corrected chi connectivity index (χ1v) is 14.5. The van der Waals surface area contributed by atoms with E-state index in [0.29, 0.717) is 29.9 Å². The monoisotopic (exact) mass is 621 g/mol. The fraction of sp³-hybridized carbons (Fsp3) is 0.455. The molecule has 2 aromatic rings. The largest absolute Gasteiger partial charge is 0.507 e. The van der Waals surface area contributed by atoms with Gasteiger partial charge in [-0.1, -0.05) is 24.1 Å². The summed E-state index contributed by atoms with van der Waals surface area (Å²) in [5, 5.41) is 10.1. The summed E-state index contributed by atoms with van der Waals surface area (Å²) in [6, 6.07) is 4.64. The molecule has 11 heteroatoms. The lowest BCUT2D eigenvalue weighted by Gasteiger charge is -2.30. The third-order valence-corrected chi connectivity index (χ3v) is 9.05. The third kappa shape index (κ3) is 5.78. The van der Waals surface area contributed by atoms with Gasteiger partial charge in [0.15, 0.2) is 0 Å². The number of aromatic hydroxyl groups is 1. The third-order valence-electron chi connectivity index (χ3n) is 9.05. The Bertz CT molecular complexity index is 1520. The Morgan fingerprint density at radius 1 is 0.932 bits per heavy atom. The molecule has 5 rings (SSSR count). The van der Waals surface area contributed by atoms with Crippen molar-refractivity contribution in [1.82, 2.24) is 0 Å². The van der Waals surface area contributed by atoms with E-state index in [-0.39, 0.29) is 30.9 Å². The summed E-state index contributed by atoms with van der Waals surface area (Å²) in [7, 11) is 0. The summed E-state index contributed by atoms with van der Waals surface area (Å²) < 4.78 is 87.2. The predicted octanol–water partition coefficient (Wildman–Crippen LogP) is 8.16. The number of anilines is 1. The molecule has 1 N–H and O–H groups in total. The number of fused-ring (bicyclic) bond motifs is 3. The van der Waals surface area contributed by atoms with Gasteiger partial charge in [-0.05, 0) is 99.0 Å². The second-order valence-electron chi connectivity index (χ2n) is 12.0. The number of phenols is 1. The van der Waals surface area contributed by atoms with E-state index in [1.54, 1.807) is 0 Å². The van der Waals surface area contributed by atoms with Crippen LogP contribution >= 0.6 is 0 Å². The molecule has 0 unspecified atom stereocenters. The van der Waals surface area contributed by atoms with Crippen molar-refractivity contribution in [2.24, 2.45) is 17.8 Å². The minimum Gasteiger partial charge on any atom is -0.507 e. The molecule has 0 radical (unpaired) electrons. The van der Waals surface area contributed by atoms with Crippen LogP contribution in [0.15, 0.2) is 47.1 Å². The SMILES string of the molecule is CC/C(=C\c1cc(C)c(O)c(C)c1)CC[C@H]1OC[C@H]2C1=C(C)C[C@H]1C(=O)N(c3cc(C(F)(F)F)cc(C(F)(F)F)c3)C(=O)[C@H]12. The van der Waals surface area contributed by atoms with Gasteiger partial charge in [0, 0.05) is 5.92 Å². The maximum atomic E-state index is 13.7. The minimum absolute atomic E-state index is 0.0240. The van der Waals surface area contributed by atoms with Crippen LogP contribution < -0.4 is 4.90 Å². The van der Waals surface area contributed by atoms with E-state index in [1.807, 2.05) is 39.8 Å². The van der Waals surface area contributed by atoms with Gasteiger partial charge >= 0.3 is 12.4 Å². The van der Waals surface area contributed by atoms with Gasteiger partial charge in [0.1, 0.15) is 5.75 Å². The van der Waals surface area contributed by atoms with Crippen LogP contribution in [-0.4, -0.2) is 29.6 Å². The van der Waals surface area contributed by atoms with Crippen LogP contribution in [0.5, 0.6) is 5.75 Å². The van der Waals surface area contributed by atoms with Crippen molar-refractivity contribution in [3.8, 4) is 5.75 Å². The Labute approximate surface area is 251 Å². The van der Waals surface area contributed by atoms with E-state index in [4.69, 9.17) is 4.74 Å². The molecule has 4 atom stereocenters. The predicted molar refractivity (Wildman–Crippen MR) is 152 cm³/mol. The number of aryl methyl sites for hydroxylation is 2. The molecule has 2 heterocycles. The van der Waals surface area contributed by atoms with E-state index in [2.05, 4.69) is 6.08 Å². The zero-order valence-electron chi connectivity index (χ0n) is 24.7. The minimum atomic E-state index is -5.11. The quantitative estimate of drug-likeness (QED) is 0.201. The lowest BCUT2D eigenvalue weighted by molar-refractivity contribution is -0.143. The lowest BCUT2D eigenvalue weighted by atomic mass is 9.70. The number of alkyl halides is 6. The number of rotatable bonds is 6. The molecule has 2 fully saturated rings. The summed E-state index contributed by atoms with van der Waals surface area (Å²) >= 11 is 0. The summed E-state index contributed by atoms with van der Waals surface area (Å²) in [4.78, 5) is 27.6. The second kappa shape index (κ2) is 11.4. The zero-order valence-corrected chi connectivity index (χ0v) is 24.7. The lowest BCUT2D eigenvalue weighted by Crippen LogP contribution is -2.34. The average Bonchev–Trinajstić information content (AvgIpc) is 3.47. The van der Waals surface area contributed by atoms with Gasteiger partial charge in [0.05, 0.1) is 41.4 Å². The van der Waals surface area contributed by atoms with Gasteiger partial charge in [0.25, 0.3) is 0 Å². The molecule has 2 saturated heterocycles. The average molecular weight is 622 g/mol. The number of ether oxygens (including phenoxy) is 1. The normalized spacial score (nSPS) is 24.3. The Morgan fingerprint density at radius 3 is 2.07 bits per heavy atom. The van der Waals surface area contributed by atoms with Crippen LogP contribution in [0.3, 0.4) is 0 Å². The highest BCUT2D eigenvalue weighted by Crippen LogP contribution is 2.51. The van der Waals surface area contributed by atoms with Gasteiger partial charge in [0.2, 0.25) is 11.8 Å². The van der Waals surface area contributed by atoms with Crippen LogP contribution in [-0.2, 0) is 26.7 Å². The van der Waals surface area contributed by atoms with Crippen LogP contribution in [0, 0.1) is 31.6 Å². The molecule has 0 spiro atoms. The number of allylic oxidation sites excluding steroid dienone is 2. The molecule has 0 bridgehead atoms. The Balaban J connectivity index is 1.39. The fourth-order valence-electron chi connectivity index (χ4n) is 6.93. The Hall–Kier alpha value is -3.60. The van der Waals surface area contributed by atoms with E-state index in [9.17, 15) is 41.0 Å². The molecule has 236 valence electrons. The first-order chi connectivity index (χ1) is 20.5. The standard InChI is InChI=1S/C33H33F6NO4/c1-5-19(11-20-8-17(3)29(41)18(4)9-20)6-7-26-27-16(2)10-24-28(25(27)15-44-26)31(43)40(30(24)42)23-13-21(32(34,35)36)12-22(14-23)33(37,38)39/h8-9,11-14,24-26,28,41H,5-7,10,15H2,1-4H3/b19-11+/t24-,25+,26-,28-/m1/s1. The van der Waals surface area contributed by atoms with Crippen molar-refractivity contribution in [2.45, 2.75) is 71.8 Å². The van der Waals surface area contributed by atoms with Crippen molar-refractivity contribution in [1.29, 1.82) is 0 Å². The first-order valence-electron chi connectivity index (χ1n) is 14.5. The zero-order chi connectivity index (χ0) is 32.3. The maximum Gasteiger partial charge on any atom is 0.416 e. The molecular weight excluding hydrogens is 588 g/mol. The number of hydrogen-bond acceptors (Lipinski definition) is 4. The van der Waals surface area contributed by atoms with Crippen molar-refractivity contribution >= 4 is 23.6 Å². The van der Waals surface area contributed by atoms with Gasteiger partial charge in [-0.2, -0.15) is 26.3 Å². The van der Waals surface area contributed by atoms with Gasteiger partial charge in [-0.3, -0.25) is 9.59 Å². The molecular formula is C33H33F6NO4. The molecule has 5 nitrogen and oxygen atoms in total. The molecule has 2 aliphatic heterocycles. The molecule has 2 amide bonds. The number of amides is 2. The Morgan fingerprint density at radius 2 is 1.52 bits per heavy atom. The van der Waals surface area contributed by atoms with Crippen LogP contribution in [0.25, 0.3) is 6.08 Å². The smallest absolute Gasteiger partial charge is 0.416 e. The summed E-state index contributed by atoms with van der Waals surface area (Å²) in [5.74, 6) is -3.67. The highest BCUT2D eigenvalue weighted by atomic mass is 19.4. The maximum absolute atomic E-state index is 13.7. The number of carbonyl (C=O) groups is 2. The van der Waals surface area contributed by atoms with E-state index in [0.717, 1.165) is 39.8 Å². The van der Waals surface area contributed by atoms with Crippen LogP contribution in [0.1, 0.15) is 67.3 Å². The van der Waals surface area contributed by atoms with Crippen LogP contribution in [0.2, 0.25) is 0 Å². The number of hydrogen-bond donors (Lipinski definition) is 1. The number of phenolic OH excluding ortho intramolecular Hbond substituents is 1. The van der Waals surface area contributed by atoms with E-state index < -0.39 is 58.7 Å². The molecule has 3 aliphatic rings. The molecule has 0 saturated carbocycles. The second-order valence-corrected chi connectivity index (χ2v) is 12.0. The number of nitrogens with zero attached hydrogens (tertiary/aromatic N) is 1. The number of carbonyl (C=O) groups excluding carboxylic acids is 2. The molecule has 2 aromatic carbocycles. The number of halogens is 6. The topological polar surface area (TPSA) is 66.8 Å². The van der Waals surface area contributed by atoms with Gasteiger partial charge < -0.3 is 9.84 Å². The highest BCUT2D eigenvalue weighted by Gasteiger charge is 2.57. The van der Waals surface area contributed by atoms with Gasteiger partial charge in [-0.15, -0.1) is 0 Å². The summed E-state index contributed by atoms with van der Waals surface area (Å²) in [6.45, 7) is 7.67. The first kappa shape index (κ1) is 31.8. The van der Waals surface area contributed by atoms with Crippen molar-refractivity contribution in [3.63, 3.8) is 0 Å². The van der Waals surface area contributed by atoms with Crippen LogP contribution in [0.4, 0.5) is 32.0 Å². The van der Waals surface area contributed by atoms with E-state index in [1.165, 1.54) is 0 Å². The van der Waals surface area contributed by atoms with Crippen molar-refractivity contribution < 1.29 is 45.8 Å². The Kier molecular flexibility index (Phi) is 8.24. The summed E-state index contributed by atoms with van der Waals surface area (Å²) in [5.41, 5.74) is 1.50. The molecule has 1 aliphatic carbocycles. The molecule has 44 heavy (non-hydrogen) atoms. The van der Waals surface area contributed by atoms with Crippen molar-refractivity contribution in [2.75, 3.05) is 11.5 Å². The number of imide groups is 1. The van der Waals surface area contributed by atoms with E-state index >= 15 is 0 Å².